The summed E-state index contributed by atoms with van der Waals surface area (Å²) in [6.07, 6.45) is -1.03. The summed E-state index contributed by atoms with van der Waals surface area (Å²) in [7, 11) is 4.27. The van der Waals surface area contributed by atoms with Gasteiger partial charge in [0.15, 0.2) is 11.5 Å². The monoisotopic (exact) mass is 346 g/mol. The van der Waals surface area contributed by atoms with Crippen molar-refractivity contribution in [3.63, 3.8) is 0 Å². The second-order valence-electron chi connectivity index (χ2n) is 5.16. The third kappa shape index (κ3) is 4.85. The maximum absolute atomic E-state index is 12.1. The van der Waals surface area contributed by atoms with E-state index in [0.29, 0.717) is 29.5 Å². The quantitative estimate of drug-likeness (QED) is 0.563. The summed E-state index contributed by atoms with van der Waals surface area (Å²) >= 11 is 0. The first-order valence-corrected chi connectivity index (χ1v) is 7.59. The fourth-order valence-corrected chi connectivity index (χ4v) is 2.19. The molecular formula is C18H22N2O5. The number of anilines is 2. The van der Waals surface area contributed by atoms with E-state index in [9.17, 15) is 4.79 Å². The van der Waals surface area contributed by atoms with Crippen LogP contribution in [-0.2, 0) is 20.9 Å². The molecule has 0 aliphatic carbocycles. The van der Waals surface area contributed by atoms with Crippen molar-refractivity contribution in [2.75, 3.05) is 32.4 Å². The van der Waals surface area contributed by atoms with Gasteiger partial charge in [0.05, 0.1) is 18.5 Å². The molecular weight excluding hydrogens is 324 g/mol. The second-order valence-corrected chi connectivity index (χ2v) is 5.16. The Labute approximate surface area is 146 Å². The number of hydrogen-bond acceptors (Lipinski definition) is 6. The van der Waals surface area contributed by atoms with Gasteiger partial charge < -0.3 is 30.0 Å². The molecule has 134 valence electrons. The number of benzene rings is 2. The van der Waals surface area contributed by atoms with Crippen molar-refractivity contribution in [2.24, 2.45) is 0 Å². The number of ether oxygens (including phenoxy) is 4. The lowest BCUT2D eigenvalue weighted by atomic mass is 10.2. The van der Waals surface area contributed by atoms with Crippen LogP contribution in [-0.4, -0.2) is 33.5 Å². The molecule has 0 saturated carbocycles. The molecule has 3 N–H and O–H groups in total. The van der Waals surface area contributed by atoms with Crippen molar-refractivity contribution in [1.82, 2.24) is 0 Å². The Kier molecular flexibility index (Phi) is 6.62. The molecule has 7 heteroatoms. The molecule has 0 saturated heterocycles. The van der Waals surface area contributed by atoms with Crippen LogP contribution in [0.5, 0.6) is 11.5 Å². The van der Waals surface area contributed by atoms with Crippen molar-refractivity contribution in [2.45, 2.75) is 12.9 Å². The van der Waals surface area contributed by atoms with Crippen LogP contribution in [0, 0.1) is 0 Å². The largest absolute Gasteiger partial charge is 0.493 e. The highest BCUT2D eigenvalue weighted by atomic mass is 16.7. The van der Waals surface area contributed by atoms with Crippen molar-refractivity contribution in [3.05, 3.63) is 48.0 Å². The van der Waals surface area contributed by atoms with Gasteiger partial charge in [-0.3, -0.25) is 4.79 Å². The molecule has 0 aliphatic rings. The predicted molar refractivity (Wildman–Crippen MR) is 94.6 cm³/mol. The Hall–Kier alpha value is -2.77. The first-order chi connectivity index (χ1) is 12.1. The molecule has 0 fully saturated rings. The molecule has 0 heterocycles. The molecule has 0 spiro atoms. The highest BCUT2D eigenvalue weighted by molar-refractivity contribution is 5.96. The molecule has 1 amide bonds. The third-order valence-corrected chi connectivity index (χ3v) is 3.47. The fraction of sp³-hybridized carbons (Fsp3) is 0.278. The van der Waals surface area contributed by atoms with Gasteiger partial charge in [0.25, 0.3) is 5.91 Å². The number of rotatable bonds is 8. The number of nitrogen functional groups attached to an aromatic ring is 1. The van der Waals surface area contributed by atoms with Gasteiger partial charge in [-0.1, -0.05) is 30.3 Å². The van der Waals surface area contributed by atoms with Crippen LogP contribution in [0.1, 0.15) is 5.56 Å². The summed E-state index contributed by atoms with van der Waals surface area (Å²) in [6, 6.07) is 12.9. The Balaban J connectivity index is 2.19. The van der Waals surface area contributed by atoms with E-state index in [2.05, 4.69) is 5.32 Å². The number of carbonyl (C=O) groups is 1. The average molecular weight is 346 g/mol. The Morgan fingerprint density at radius 3 is 2.36 bits per heavy atom. The molecule has 2 rings (SSSR count). The molecule has 0 radical (unpaired) electrons. The van der Waals surface area contributed by atoms with Gasteiger partial charge >= 0.3 is 0 Å². The molecule has 0 atom stereocenters. The van der Waals surface area contributed by atoms with E-state index >= 15 is 0 Å². The van der Waals surface area contributed by atoms with Gasteiger partial charge in [0.2, 0.25) is 6.29 Å². The van der Waals surface area contributed by atoms with Crippen molar-refractivity contribution in [3.8, 4) is 11.5 Å². The minimum atomic E-state index is -1.03. The molecule has 0 unspecified atom stereocenters. The zero-order valence-electron chi connectivity index (χ0n) is 14.4. The lowest BCUT2D eigenvalue weighted by Crippen LogP contribution is -2.31. The zero-order chi connectivity index (χ0) is 18.2. The molecule has 7 nitrogen and oxygen atoms in total. The summed E-state index contributed by atoms with van der Waals surface area (Å²) in [5.41, 5.74) is 7.70. The molecule has 0 aromatic heterocycles. The third-order valence-electron chi connectivity index (χ3n) is 3.47. The van der Waals surface area contributed by atoms with Crippen LogP contribution < -0.4 is 20.5 Å². The van der Waals surface area contributed by atoms with E-state index in [4.69, 9.17) is 24.7 Å². The van der Waals surface area contributed by atoms with Crippen LogP contribution >= 0.6 is 0 Å². The first kappa shape index (κ1) is 18.6. The average Bonchev–Trinajstić information content (AvgIpc) is 2.63. The van der Waals surface area contributed by atoms with Gasteiger partial charge in [-0.2, -0.15) is 0 Å². The van der Waals surface area contributed by atoms with E-state index in [1.165, 1.54) is 21.3 Å². The number of carbonyl (C=O) groups excluding carboxylic acids is 1. The van der Waals surface area contributed by atoms with Crippen LogP contribution in [0.2, 0.25) is 0 Å². The minimum Gasteiger partial charge on any atom is -0.493 e. The molecule has 2 aromatic rings. The first-order valence-electron chi connectivity index (χ1n) is 7.59. The highest BCUT2D eigenvalue weighted by Gasteiger charge is 2.19. The predicted octanol–water partition coefficient (Wildman–Crippen LogP) is 2.41. The van der Waals surface area contributed by atoms with Crippen LogP contribution in [0.3, 0.4) is 0 Å². The smallest absolute Gasteiger partial charge is 0.281 e. The Bertz CT molecular complexity index is 702. The lowest BCUT2D eigenvalue weighted by Gasteiger charge is -2.17. The normalized spacial score (nSPS) is 10.6. The number of methoxy groups -OCH3 is 3. The fourth-order valence-electron chi connectivity index (χ4n) is 2.19. The standard InChI is InChI=1S/C18H22N2O5/c1-22-15-9-13(19)14(20-17(21)18(23-2)24-3)10-16(15)25-11-12-7-5-4-6-8-12/h4-10,18H,11,19H2,1-3H3,(H,20,21). The summed E-state index contributed by atoms with van der Waals surface area (Å²) in [4.78, 5) is 12.1. The van der Waals surface area contributed by atoms with Gasteiger partial charge in [-0.05, 0) is 5.56 Å². The van der Waals surface area contributed by atoms with Gasteiger partial charge in [-0.15, -0.1) is 0 Å². The van der Waals surface area contributed by atoms with Gasteiger partial charge in [0.1, 0.15) is 6.61 Å². The van der Waals surface area contributed by atoms with Crippen LogP contribution in [0.4, 0.5) is 11.4 Å². The van der Waals surface area contributed by atoms with Crippen molar-refractivity contribution >= 4 is 17.3 Å². The molecule has 2 aromatic carbocycles. The maximum atomic E-state index is 12.1. The summed E-state index contributed by atoms with van der Waals surface area (Å²) in [5.74, 6) is 0.458. The molecule has 25 heavy (non-hydrogen) atoms. The number of nitrogens with one attached hydrogen (secondary N) is 1. The number of nitrogens with two attached hydrogens (primary N) is 1. The van der Waals surface area contributed by atoms with Gasteiger partial charge in [-0.25, -0.2) is 0 Å². The van der Waals surface area contributed by atoms with E-state index < -0.39 is 12.2 Å². The van der Waals surface area contributed by atoms with Crippen molar-refractivity contribution in [1.29, 1.82) is 0 Å². The number of hydrogen-bond donors (Lipinski definition) is 2. The highest BCUT2D eigenvalue weighted by Crippen LogP contribution is 2.35. The van der Waals surface area contributed by atoms with E-state index in [1.807, 2.05) is 30.3 Å². The maximum Gasteiger partial charge on any atom is 0.281 e. The Morgan fingerprint density at radius 2 is 1.76 bits per heavy atom. The van der Waals surface area contributed by atoms with Gasteiger partial charge in [0, 0.05) is 26.4 Å². The topological polar surface area (TPSA) is 92.0 Å². The summed E-state index contributed by atoms with van der Waals surface area (Å²) in [6.45, 7) is 0.354. The van der Waals surface area contributed by atoms with E-state index in [0.717, 1.165) is 5.56 Å². The van der Waals surface area contributed by atoms with E-state index in [-0.39, 0.29) is 0 Å². The minimum absolute atomic E-state index is 0.336. The Morgan fingerprint density at radius 1 is 1.08 bits per heavy atom. The second kappa shape index (κ2) is 8.91. The lowest BCUT2D eigenvalue weighted by molar-refractivity contribution is -0.153. The zero-order valence-corrected chi connectivity index (χ0v) is 14.4. The summed E-state index contributed by atoms with van der Waals surface area (Å²) in [5, 5.41) is 2.65. The van der Waals surface area contributed by atoms with Crippen LogP contribution in [0.25, 0.3) is 0 Å². The van der Waals surface area contributed by atoms with Crippen molar-refractivity contribution < 1.29 is 23.7 Å². The SMILES string of the molecule is COc1cc(N)c(NC(=O)C(OC)OC)cc1OCc1ccccc1. The van der Waals surface area contributed by atoms with E-state index in [1.54, 1.807) is 12.1 Å². The molecule has 0 aliphatic heterocycles. The number of amides is 1. The summed E-state index contributed by atoms with van der Waals surface area (Å²) < 4.78 is 21.0. The molecule has 0 bridgehead atoms. The van der Waals surface area contributed by atoms with Crippen LogP contribution in [0.15, 0.2) is 42.5 Å².